The molecule has 0 spiro atoms. The largest absolute Gasteiger partial charge is 0.508 e. The molecule has 0 aliphatic carbocycles. The van der Waals surface area contributed by atoms with Gasteiger partial charge in [0.05, 0.1) is 6.61 Å². The van der Waals surface area contributed by atoms with E-state index in [1.165, 1.54) is 12.1 Å². The minimum atomic E-state index is -1.19. The Morgan fingerprint density at radius 2 is 2.25 bits per heavy atom. The molecule has 0 aromatic heterocycles. The number of aliphatic hydroxyl groups excluding tert-OH is 1. The molecule has 1 aromatic carbocycles. The van der Waals surface area contributed by atoms with Crippen LogP contribution in [0.5, 0.6) is 5.75 Å². The van der Waals surface area contributed by atoms with Crippen LogP contribution in [0.2, 0.25) is 0 Å². The Morgan fingerprint density at radius 1 is 1.56 bits per heavy atom. The molecule has 1 rings (SSSR count). The lowest BCUT2D eigenvalue weighted by Crippen LogP contribution is -2.38. The van der Waals surface area contributed by atoms with Crippen LogP contribution in [0, 0.1) is 0 Å². The van der Waals surface area contributed by atoms with Gasteiger partial charge in [0.25, 0.3) is 0 Å². The molecule has 2 atom stereocenters. The van der Waals surface area contributed by atoms with Gasteiger partial charge in [-0.25, -0.2) is 0 Å². The molecule has 88 valence electrons. The number of phenols is 1. The van der Waals surface area contributed by atoms with Crippen LogP contribution < -0.4 is 5.73 Å². The normalized spacial score (nSPS) is 14.2. The zero-order valence-corrected chi connectivity index (χ0v) is 8.96. The molecule has 0 bridgehead atoms. The Kier molecular flexibility index (Phi) is 4.28. The van der Waals surface area contributed by atoms with Gasteiger partial charge in [0.1, 0.15) is 17.9 Å². The molecule has 16 heavy (non-hydrogen) atoms. The summed E-state index contributed by atoms with van der Waals surface area (Å²) in [6.45, 7) is 1.87. The predicted molar refractivity (Wildman–Crippen MR) is 57.7 cm³/mol. The van der Waals surface area contributed by atoms with Gasteiger partial charge in [-0.1, -0.05) is 12.1 Å². The fourth-order valence-corrected chi connectivity index (χ4v) is 1.28. The van der Waals surface area contributed by atoms with Crippen molar-refractivity contribution in [2.45, 2.75) is 19.1 Å². The average molecular weight is 225 g/mol. The van der Waals surface area contributed by atoms with Crippen LogP contribution in [0.3, 0.4) is 0 Å². The molecule has 0 radical (unpaired) electrons. The van der Waals surface area contributed by atoms with Gasteiger partial charge in [-0.3, -0.25) is 4.79 Å². The highest BCUT2D eigenvalue weighted by atomic mass is 16.5. The van der Waals surface area contributed by atoms with Crippen molar-refractivity contribution in [3.05, 3.63) is 29.8 Å². The molecule has 5 heteroatoms. The summed E-state index contributed by atoms with van der Waals surface area (Å²) in [5.74, 6) is -0.661. The number of nitrogens with two attached hydrogens (primary N) is 1. The summed E-state index contributed by atoms with van der Waals surface area (Å²) in [6.07, 6.45) is -1.19. The number of benzene rings is 1. The fraction of sp³-hybridized carbons (Fsp3) is 0.364. The number of aliphatic hydroxyl groups is 1. The first-order chi connectivity index (χ1) is 7.56. The van der Waals surface area contributed by atoms with Gasteiger partial charge in [0, 0.05) is 0 Å². The van der Waals surface area contributed by atoms with E-state index >= 15 is 0 Å². The quantitative estimate of drug-likeness (QED) is 0.641. The molecule has 0 amide bonds. The molecule has 2 unspecified atom stereocenters. The Morgan fingerprint density at radius 3 is 2.81 bits per heavy atom. The second kappa shape index (κ2) is 5.48. The average Bonchev–Trinajstić information content (AvgIpc) is 2.27. The van der Waals surface area contributed by atoms with Crippen molar-refractivity contribution in [2.24, 2.45) is 5.73 Å². The molecular weight excluding hydrogens is 210 g/mol. The number of ether oxygens (including phenoxy) is 1. The fourth-order valence-electron chi connectivity index (χ4n) is 1.28. The molecule has 1 aromatic rings. The maximum Gasteiger partial charge on any atom is 0.325 e. The summed E-state index contributed by atoms with van der Waals surface area (Å²) in [5, 5.41) is 19.0. The van der Waals surface area contributed by atoms with Crippen LogP contribution in [0.25, 0.3) is 0 Å². The molecule has 0 saturated carbocycles. The van der Waals surface area contributed by atoms with E-state index in [0.29, 0.717) is 5.56 Å². The molecule has 0 heterocycles. The summed E-state index contributed by atoms with van der Waals surface area (Å²) < 4.78 is 4.69. The molecule has 0 aliphatic rings. The van der Waals surface area contributed by atoms with Crippen LogP contribution in [0.4, 0.5) is 0 Å². The Balaban J connectivity index is 2.77. The lowest BCUT2D eigenvalue weighted by molar-refractivity contribution is -0.147. The van der Waals surface area contributed by atoms with Crippen molar-refractivity contribution < 1.29 is 19.7 Å². The summed E-state index contributed by atoms with van der Waals surface area (Å²) in [5.41, 5.74) is 5.90. The zero-order valence-electron chi connectivity index (χ0n) is 8.96. The predicted octanol–water partition coefficient (Wildman–Crippen LogP) is 0.316. The molecule has 4 N–H and O–H groups in total. The zero-order chi connectivity index (χ0) is 12.1. The number of phenolic OH excluding ortho intramolecular Hbond substituents is 1. The third-order valence-corrected chi connectivity index (χ3v) is 2.11. The van der Waals surface area contributed by atoms with E-state index in [9.17, 15) is 15.0 Å². The maximum atomic E-state index is 11.3. The van der Waals surface area contributed by atoms with E-state index in [-0.39, 0.29) is 12.4 Å². The van der Waals surface area contributed by atoms with Crippen molar-refractivity contribution in [2.75, 3.05) is 6.61 Å². The van der Waals surface area contributed by atoms with Gasteiger partial charge < -0.3 is 20.7 Å². The number of esters is 1. The van der Waals surface area contributed by atoms with Crippen LogP contribution in [-0.4, -0.2) is 28.8 Å². The second-order valence-electron chi connectivity index (χ2n) is 3.32. The topological polar surface area (TPSA) is 92.8 Å². The Hall–Kier alpha value is -1.59. The number of aromatic hydroxyl groups is 1. The number of rotatable bonds is 4. The minimum Gasteiger partial charge on any atom is -0.508 e. The standard InChI is InChI=1S/C11H15NO4/c1-2-16-11(15)9(12)10(14)7-4-3-5-8(13)6-7/h3-6,9-10,13-14H,2,12H2,1H3. The number of hydrogen-bond acceptors (Lipinski definition) is 5. The first-order valence-corrected chi connectivity index (χ1v) is 4.95. The molecular formula is C11H15NO4. The highest BCUT2D eigenvalue weighted by molar-refractivity contribution is 5.76. The van der Waals surface area contributed by atoms with Gasteiger partial charge >= 0.3 is 5.97 Å². The number of carbonyl (C=O) groups excluding carboxylic acids is 1. The smallest absolute Gasteiger partial charge is 0.325 e. The van der Waals surface area contributed by atoms with Crippen molar-refractivity contribution in [3.8, 4) is 5.75 Å². The third kappa shape index (κ3) is 2.95. The lowest BCUT2D eigenvalue weighted by atomic mass is 10.0. The van der Waals surface area contributed by atoms with Gasteiger partial charge in [0.2, 0.25) is 0 Å². The number of hydrogen-bond donors (Lipinski definition) is 3. The van der Waals surface area contributed by atoms with Gasteiger partial charge in [-0.05, 0) is 24.6 Å². The maximum absolute atomic E-state index is 11.3. The van der Waals surface area contributed by atoms with Crippen molar-refractivity contribution in [1.82, 2.24) is 0 Å². The Labute approximate surface area is 93.5 Å². The van der Waals surface area contributed by atoms with Crippen LogP contribution in [-0.2, 0) is 9.53 Å². The van der Waals surface area contributed by atoms with E-state index in [1.807, 2.05) is 0 Å². The van der Waals surface area contributed by atoms with E-state index in [2.05, 4.69) is 0 Å². The van der Waals surface area contributed by atoms with Crippen molar-refractivity contribution in [1.29, 1.82) is 0 Å². The number of carbonyl (C=O) groups is 1. The van der Waals surface area contributed by atoms with E-state index in [0.717, 1.165) is 0 Å². The summed E-state index contributed by atoms with van der Waals surface area (Å²) in [6, 6.07) is 4.80. The first-order valence-electron chi connectivity index (χ1n) is 4.95. The van der Waals surface area contributed by atoms with Gasteiger partial charge in [-0.2, -0.15) is 0 Å². The second-order valence-corrected chi connectivity index (χ2v) is 3.32. The Bertz CT molecular complexity index is 367. The van der Waals surface area contributed by atoms with Gasteiger partial charge in [0.15, 0.2) is 0 Å². The summed E-state index contributed by atoms with van der Waals surface area (Å²) in [7, 11) is 0. The summed E-state index contributed by atoms with van der Waals surface area (Å²) in [4.78, 5) is 11.3. The van der Waals surface area contributed by atoms with E-state index in [4.69, 9.17) is 10.5 Å². The summed E-state index contributed by atoms with van der Waals surface area (Å²) >= 11 is 0. The highest BCUT2D eigenvalue weighted by Crippen LogP contribution is 2.20. The van der Waals surface area contributed by atoms with Crippen LogP contribution in [0.1, 0.15) is 18.6 Å². The van der Waals surface area contributed by atoms with E-state index < -0.39 is 18.1 Å². The lowest BCUT2D eigenvalue weighted by Gasteiger charge is -2.17. The van der Waals surface area contributed by atoms with Crippen LogP contribution in [0.15, 0.2) is 24.3 Å². The highest BCUT2D eigenvalue weighted by Gasteiger charge is 2.25. The molecule has 0 fully saturated rings. The third-order valence-electron chi connectivity index (χ3n) is 2.11. The van der Waals surface area contributed by atoms with E-state index in [1.54, 1.807) is 19.1 Å². The van der Waals surface area contributed by atoms with Crippen LogP contribution >= 0.6 is 0 Å². The van der Waals surface area contributed by atoms with Crippen molar-refractivity contribution >= 4 is 5.97 Å². The minimum absolute atomic E-state index is 0.00705. The SMILES string of the molecule is CCOC(=O)C(N)C(O)c1cccc(O)c1. The molecule has 0 aliphatic heterocycles. The van der Waals surface area contributed by atoms with Crippen molar-refractivity contribution in [3.63, 3.8) is 0 Å². The first kappa shape index (κ1) is 12.5. The molecule has 0 saturated heterocycles. The molecule has 5 nitrogen and oxygen atoms in total. The monoisotopic (exact) mass is 225 g/mol. The van der Waals surface area contributed by atoms with Gasteiger partial charge in [-0.15, -0.1) is 0 Å².